The summed E-state index contributed by atoms with van der Waals surface area (Å²) in [7, 11) is 0. The van der Waals surface area contributed by atoms with Crippen LogP contribution in [0.15, 0.2) is 48.8 Å². The molecule has 2 aromatic rings. The number of alkyl halides is 3. The molecule has 0 aliphatic heterocycles. The molecule has 0 N–H and O–H groups in total. The smallest absolute Gasteiger partial charge is 0.406 e. The molecule has 2 nitrogen and oxygen atoms in total. The first-order valence-corrected chi connectivity index (χ1v) is 4.98. The van der Waals surface area contributed by atoms with Crippen molar-refractivity contribution in [3.8, 4) is 5.75 Å². The van der Waals surface area contributed by atoms with E-state index in [4.69, 9.17) is 0 Å². The molecule has 0 saturated carbocycles. The molecule has 0 bridgehead atoms. The first-order valence-electron chi connectivity index (χ1n) is 4.98. The van der Waals surface area contributed by atoms with Gasteiger partial charge in [0.05, 0.1) is 0 Å². The second-order valence-electron chi connectivity index (χ2n) is 3.55. The van der Waals surface area contributed by atoms with Crippen LogP contribution in [0.1, 0.15) is 5.56 Å². The second-order valence-corrected chi connectivity index (χ2v) is 3.55. The summed E-state index contributed by atoms with van der Waals surface area (Å²) in [5.74, 6) is -0.192. The Labute approximate surface area is 96.2 Å². The average molecular weight is 241 g/mol. The van der Waals surface area contributed by atoms with Crippen LogP contribution in [0.4, 0.5) is 13.2 Å². The van der Waals surface area contributed by atoms with Crippen LogP contribution in [-0.4, -0.2) is 10.9 Å². The highest BCUT2D eigenvalue weighted by Gasteiger charge is 2.31. The second kappa shape index (κ2) is 4.53. The Bertz CT molecular complexity index is 477. The molecule has 0 aliphatic rings. The summed E-state index contributed by atoms with van der Waals surface area (Å²) in [6, 6.07) is 9.68. The minimum Gasteiger partial charge on any atom is -0.406 e. The Morgan fingerprint density at radius 1 is 1.06 bits per heavy atom. The van der Waals surface area contributed by atoms with Crippen molar-refractivity contribution in [2.24, 2.45) is 0 Å². The zero-order valence-corrected chi connectivity index (χ0v) is 8.82. The van der Waals surface area contributed by atoms with E-state index in [-0.39, 0.29) is 5.75 Å². The number of hydrogen-bond acceptors (Lipinski definition) is 1. The molecule has 0 fully saturated rings. The van der Waals surface area contributed by atoms with Crippen molar-refractivity contribution in [2.75, 3.05) is 0 Å². The first-order chi connectivity index (χ1) is 8.03. The summed E-state index contributed by atoms with van der Waals surface area (Å²) in [5.41, 5.74) is 0.753. The number of hydrogen-bond donors (Lipinski definition) is 0. The molecule has 0 aliphatic carbocycles. The van der Waals surface area contributed by atoms with Gasteiger partial charge < -0.3 is 9.30 Å². The SMILES string of the molecule is FC(F)(F)Oc1cccc(Cn2cccc2)c1. The first kappa shape index (κ1) is 11.6. The highest BCUT2D eigenvalue weighted by atomic mass is 19.4. The Morgan fingerprint density at radius 2 is 1.76 bits per heavy atom. The van der Waals surface area contributed by atoms with E-state index in [2.05, 4.69) is 4.74 Å². The summed E-state index contributed by atoms with van der Waals surface area (Å²) in [5, 5.41) is 0. The van der Waals surface area contributed by atoms with Crippen molar-refractivity contribution in [3.05, 3.63) is 54.4 Å². The highest BCUT2D eigenvalue weighted by Crippen LogP contribution is 2.23. The molecule has 0 spiro atoms. The van der Waals surface area contributed by atoms with Crippen LogP contribution >= 0.6 is 0 Å². The third-order valence-corrected chi connectivity index (χ3v) is 2.16. The molecule has 0 atom stereocenters. The molecule has 1 aromatic heterocycles. The van der Waals surface area contributed by atoms with Gasteiger partial charge in [0, 0.05) is 18.9 Å². The standard InChI is InChI=1S/C12H10F3NO/c13-12(14,15)17-11-5-3-4-10(8-11)9-16-6-1-2-7-16/h1-8H,9H2. The quantitative estimate of drug-likeness (QED) is 0.802. The molecular weight excluding hydrogens is 231 g/mol. The molecule has 0 amide bonds. The van der Waals surface area contributed by atoms with E-state index in [9.17, 15) is 13.2 Å². The molecule has 5 heteroatoms. The van der Waals surface area contributed by atoms with Crippen LogP contribution in [-0.2, 0) is 6.54 Å². The van der Waals surface area contributed by atoms with Gasteiger partial charge in [-0.15, -0.1) is 13.2 Å². The predicted octanol–water partition coefficient (Wildman–Crippen LogP) is 3.44. The van der Waals surface area contributed by atoms with Gasteiger partial charge in [0.1, 0.15) is 5.75 Å². The van der Waals surface area contributed by atoms with Crippen LogP contribution < -0.4 is 4.74 Å². The largest absolute Gasteiger partial charge is 0.573 e. The number of rotatable bonds is 3. The Morgan fingerprint density at radius 3 is 2.41 bits per heavy atom. The van der Waals surface area contributed by atoms with Crippen molar-refractivity contribution in [2.45, 2.75) is 12.9 Å². The molecule has 90 valence electrons. The molecule has 2 rings (SSSR count). The molecule has 1 aromatic carbocycles. The summed E-state index contributed by atoms with van der Waals surface area (Å²) in [6.45, 7) is 0.516. The Hall–Kier alpha value is -1.91. The van der Waals surface area contributed by atoms with Crippen molar-refractivity contribution >= 4 is 0 Å². The van der Waals surface area contributed by atoms with Crippen LogP contribution in [0.5, 0.6) is 5.75 Å². The maximum absolute atomic E-state index is 12.0. The minimum atomic E-state index is -4.65. The van der Waals surface area contributed by atoms with E-state index >= 15 is 0 Å². The lowest BCUT2D eigenvalue weighted by Gasteiger charge is -2.10. The van der Waals surface area contributed by atoms with Gasteiger partial charge in [-0.1, -0.05) is 12.1 Å². The molecule has 0 unspecified atom stereocenters. The maximum atomic E-state index is 12.0. The Kier molecular flexibility index (Phi) is 3.08. The fourth-order valence-corrected chi connectivity index (χ4v) is 1.53. The van der Waals surface area contributed by atoms with Gasteiger partial charge in [-0.2, -0.15) is 0 Å². The third-order valence-electron chi connectivity index (χ3n) is 2.16. The van der Waals surface area contributed by atoms with Crippen LogP contribution in [0.2, 0.25) is 0 Å². The fraction of sp³-hybridized carbons (Fsp3) is 0.167. The lowest BCUT2D eigenvalue weighted by molar-refractivity contribution is -0.274. The number of benzene rings is 1. The van der Waals surface area contributed by atoms with Gasteiger partial charge in [-0.05, 0) is 29.8 Å². The molecule has 0 saturated heterocycles. The predicted molar refractivity (Wildman–Crippen MR) is 56.7 cm³/mol. The summed E-state index contributed by atoms with van der Waals surface area (Å²) < 4.78 is 41.8. The van der Waals surface area contributed by atoms with E-state index in [0.717, 1.165) is 5.56 Å². The normalized spacial score (nSPS) is 11.5. The number of aromatic nitrogens is 1. The molecule has 0 radical (unpaired) electrons. The molecular formula is C12H10F3NO. The van der Waals surface area contributed by atoms with Gasteiger partial charge in [0.15, 0.2) is 0 Å². The van der Waals surface area contributed by atoms with Crippen LogP contribution in [0, 0.1) is 0 Å². The van der Waals surface area contributed by atoms with Gasteiger partial charge in [0.2, 0.25) is 0 Å². The fourth-order valence-electron chi connectivity index (χ4n) is 1.53. The van der Waals surface area contributed by atoms with Crippen molar-refractivity contribution < 1.29 is 17.9 Å². The van der Waals surface area contributed by atoms with E-state index in [1.807, 2.05) is 29.1 Å². The number of ether oxygens (including phenoxy) is 1. The molecule has 17 heavy (non-hydrogen) atoms. The van der Waals surface area contributed by atoms with Gasteiger partial charge in [-0.3, -0.25) is 0 Å². The zero-order chi connectivity index (χ0) is 12.3. The summed E-state index contributed by atoms with van der Waals surface area (Å²) >= 11 is 0. The van der Waals surface area contributed by atoms with Crippen molar-refractivity contribution in [1.29, 1.82) is 0 Å². The van der Waals surface area contributed by atoms with Crippen LogP contribution in [0.3, 0.4) is 0 Å². The summed E-state index contributed by atoms with van der Waals surface area (Å²) in [6.07, 6.45) is -0.958. The lowest BCUT2D eigenvalue weighted by atomic mass is 10.2. The highest BCUT2D eigenvalue weighted by molar-refractivity contribution is 5.28. The average Bonchev–Trinajstić information content (AvgIpc) is 2.68. The van der Waals surface area contributed by atoms with Gasteiger partial charge >= 0.3 is 6.36 Å². The number of nitrogens with zero attached hydrogens (tertiary/aromatic N) is 1. The number of halogens is 3. The van der Waals surface area contributed by atoms with Gasteiger partial charge in [-0.25, -0.2) is 0 Å². The van der Waals surface area contributed by atoms with Crippen molar-refractivity contribution in [1.82, 2.24) is 4.57 Å². The topological polar surface area (TPSA) is 14.2 Å². The minimum absolute atomic E-state index is 0.192. The maximum Gasteiger partial charge on any atom is 0.573 e. The van der Waals surface area contributed by atoms with E-state index in [1.165, 1.54) is 12.1 Å². The van der Waals surface area contributed by atoms with E-state index < -0.39 is 6.36 Å². The lowest BCUT2D eigenvalue weighted by Crippen LogP contribution is -2.17. The molecule has 1 heterocycles. The van der Waals surface area contributed by atoms with Gasteiger partial charge in [0.25, 0.3) is 0 Å². The monoisotopic (exact) mass is 241 g/mol. The van der Waals surface area contributed by atoms with Crippen LogP contribution in [0.25, 0.3) is 0 Å². The van der Waals surface area contributed by atoms with Crippen molar-refractivity contribution in [3.63, 3.8) is 0 Å². The third kappa shape index (κ3) is 3.55. The zero-order valence-electron chi connectivity index (χ0n) is 8.82. The van der Waals surface area contributed by atoms with E-state index in [1.54, 1.807) is 12.1 Å². The van der Waals surface area contributed by atoms with E-state index in [0.29, 0.717) is 6.54 Å². The Balaban J connectivity index is 2.12. The summed E-state index contributed by atoms with van der Waals surface area (Å²) in [4.78, 5) is 0.